The topological polar surface area (TPSA) is 64.4 Å². The first kappa shape index (κ1) is 22.8. The summed E-state index contributed by atoms with van der Waals surface area (Å²) >= 11 is 0. The quantitative estimate of drug-likeness (QED) is 0.323. The van der Waals surface area contributed by atoms with Crippen LogP contribution in [0.4, 0.5) is 4.39 Å². The molecule has 1 heterocycles. The van der Waals surface area contributed by atoms with Crippen molar-refractivity contribution in [1.82, 2.24) is 0 Å². The lowest BCUT2D eigenvalue weighted by atomic mass is 9.69. The Balaban J connectivity index is 2.77. The molecule has 0 aromatic heterocycles. The zero-order valence-corrected chi connectivity index (χ0v) is 17.2. The number of unbranched alkanes of at least 4 members (excludes halogenated alkanes) is 2. The standard InChI is InChI=1S/C22H38FN3/c1-6-7-8-13-22(5,16(2)3)21(25)12-11-18(23)15-20(24)19-10-9-14-26-17(19)4/h10-12,14-17,20-21H,6-9,13,24-25H2,1-5H3. The van der Waals surface area contributed by atoms with Crippen molar-refractivity contribution >= 4 is 6.21 Å². The van der Waals surface area contributed by atoms with Crippen LogP contribution in [0.5, 0.6) is 0 Å². The van der Waals surface area contributed by atoms with Crippen molar-refractivity contribution in [2.75, 3.05) is 0 Å². The molecule has 0 fully saturated rings. The highest BCUT2D eigenvalue weighted by Gasteiger charge is 2.33. The summed E-state index contributed by atoms with van der Waals surface area (Å²) < 4.78 is 14.4. The van der Waals surface area contributed by atoms with Crippen molar-refractivity contribution in [3.05, 3.63) is 35.7 Å². The fourth-order valence-corrected chi connectivity index (χ4v) is 3.41. The van der Waals surface area contributed by atoms with Crippen molar-refractivity contribution < 1.29 is 4.39 Å². The van der Waals surface area contributed by atoms with Gasteiger partial charge in [0.25, 0.3) is 0 Å². The third-order valence-corrected chi connectivity index (χ3v) is 5.86. The van der Waals surface area contributed by atoms with Gasteiger partial charge in [-0.25, -0.2) is 4.39 Å². The molecule has 1 rings (SSSR count). The average molecular weight is 364 g/mol. The van der Waals surface area contributed by atoms with Crippen molar-refractivity contribution in [2.24, 2.45) is 27.8 Å². The van der Waals surface area contributed by atoms with Crippen LogP contribution < -0.4 is 11.5 Å². The van der Waals surface area contributed by atoms with Gasteiger partial charge in [0.1, 0.15) is 5.83 Å². The van der Waals surface area contributed by atoms with E-state index in [-0.39, 0.29) is 23.3 Å². The molecule has 0 radical (unpaired) electrons. The summed E-state index contributed by atoms with van der Waals surface area (Å²) in [5.41, 5.74) is 13.5. The van der Waals surface area contributed by atoms with Gasteiger partial charge in [0.15, 0.2) is 0 Å². The molecular formula is C22H38FN3. The van der Waals surface area contributed by atoms with Gasteiger partial charge in [0, 0.05) is 24.7 Å². The molecule has 4 heteroatoms. The summed E-state index contributed by atoms with van der Waals surface area (Å²) in [6.45, 7) is 10.8. The molecule has 0 amide bonds. The summed E-state index contributed by atoms with van der Waals surface area (Å²) in [7, 11) is 0. The van der Waals surface area contributed by atoms with Crippen LogP contribution in [0.25, 0.3) is 0 Å². The van der Waals surface area contributed by atoms with E-state index in [1.54, 1.807) is 6.08 Å². The molecule has 3 nitrogen and oxygen atoms in total. The maximum Gasteiger partial charge on any atom is 0.120 e. The maximum absolute atomic E-state index is 14.4. The molecular weight excluding hydrogens is 325 g/mol. The van der Waals surface area contributed by atoms with Crippen LogP contribution in [-0.4, -0.2) is 24.3 Å². The molecule has 26 heavy (non-hydrogen) atoms. The maximum atomic E-state index is 14.4. The molecule has 0 bridgehead atoms. The lowest BCUT2D eigenvalue weighted by molar-refractivity contribution is 0.169. The minimum atomic E-state index is -0.454. The van der Waals surface area contributed by atoms with E-state index < -0.39 is 6.04 Å². The van der Waals surface area contributed by atoms with Crippen molar-refractivity contribution in [1.29, 1.82) is 0 Å². The Morgan fingerprint density at radius 2 is 2.08 bits per heavy atom. The molecule has 0 aliphatic carbocycles. The molecule has 4 N–H and O–H groups in total. The fourth-order valence-electron chi connectivity index (χ4n) is 3.41. The number of allylic oxidation sites excluding steroid dienone is 3. The summed E-state index contributed by atoms with van der Waals surface area (Å²) in [4.78, 5) is 4.34. The third-order valence-electron chi connectivity index (χ3n) is 5.86. The van der Waals surface area contributed by atoms with Gasteiger partial charge in [-0.3, -0.25) is 4.99 Å². The van der Waals surface area contributed by atoms with E-state index in [4.69, 9.17) is 11.5 Å². The molecule has 0 aromatic carbocycles. The zero-order valence-electron chi connectivity index (χ0n) is 17.2. The molecule has 0 saturated heterocycles. The van der Waals surface area contributed by atoms with Crippen LogP contribution in [0.15, 0.2) is 40.7 Å². The van der Waals surface area contributed by atoms with Crippen LogP contribution in [0.2, 0.25) is 0 Å². The Morgan fingerprint density at radius 3 is 2.65 bits per heavy atom. The van der Waals surface area contributed by atoms with Gasteiger partial charge in [0.05, 0.1) is 6.04 Å². The largest absolute Gasteiger partial charge is 0.324 e. The number of rotatable bonds is 10. The Hall–Kier alpha value is -1.26. The lowest BCUT2D eigenvalue weighted by Crippen LogP contribution is -2.42. The SMILES string of the molecule is CCCCCC(C)(C(C)C)C(N)C=CC(F)=CC(N)C1=CCC=NC1C. The highest BCUT2D eigenvalue weighted by Crippen LogP contribution is 2.36. The van der Waals surface area contributed by atoms with Gasteiger partial charge in [0.2, 0.25) is 0 Å². The third kappa shape index (κ3) is 6.48. The number of aliphatic imine (C=N–C) groups is 1. The van der Waals surface area contributed by atoms with E-state index >= 15 is 0 Å². The Morgan fingerprint density at radius 1 is 1.38 bits per heavy atom. The number of halogens is 1. The van der Waals surface area contributed by atoms with Crippen LogP contribution >= 0.6 is 0 Å². The molecule has 1 aliphatic heterocycles. The van der Waals surface area contributed by atoms with E-state index in [0.717, 1.165) is 24.8 Å². The average Bonchev–Trinajstić information content (AvgIpc) is 2.59. The number of nitrogens with two attached hydrogens (primary N) is 2. The second kappa shape index (κ2) is 10.8. The summed E-state index contributed by atoms with van der Waals surface area (Å²) in [5.74, 6) is 0.0923. The van der Waals surface area contributed by atoms with Crippen molar-refractivity contribution in [3.8, 4) is 0 Å². The molecule has 0 saturated carbocycles. The van der Waals surface area contributed by atoms with Crippen LogP contribution in [-0.2, 0) is 0 Å². The van der Waals surface area contributed by atoms with E-state index in [9.17, 15) is 4.39 Å². The van der Waals surface area contributed by atoms with Gasteiger partial charge in [-0.05, 0) is 42.4 Å². The zero-order chi connectivity index (χ0) is 19.7. The van der Waals surface area contributed by atoms with Gasteiger partial charge < -0.3 is 11.5 Å². The first-order chi connectivity index (χ1) is 12.2. The van der Waals surface area contributed by atoms with Gasteiger partial charge in [-0.1, -0.05) is 59.1 Å². The molecule has 148 valence electrons. The second-order valence-corrected chi connectivity index (χ2v) is 8.03. The Bertz CT molecular complexity index is 548. The number of hydrogen-bond donors (Lipinski definition) is 2. The van der Waals surface area contributed by atoms with Crippen LogP contribution in [0.1, 0.15) is 66.7 Å². The fraction of sp³-hybridized carbons (Fsp3) is 0.682. The smallest absolute Gasteiger partial charge is 0.120 e. The number of nitrogens with zero attached hydrogens (tertiary/aromatic N) is 1. The number of hydrogen-bond acceptors (Lipinski definition) is 3. The summed E-state index contributed by atoms with van der Waals surface area (Å²) in [6.07, 6.45) is 14.0. The van der Waals surface area contributed by atoms with Gasteiger partial charge >= 0.3 is 0 Å². The van der Waals surface area contributed by atoms with Crippen molar-refractivity contribution in [3.63, 3.8) is 0 Å². The van der Waals surface area contributed by atoms with Gasteiger partial charge in [-0.2, -0.15) is 0 Å². The minimum Gasteiger partial charge on any atom is -0.324 e. The molecule has 0 spiro atoms. The van der Waals surface area contributed by atoms with E-state index in [0.29, 0.717) is 5.92 Å². The molecule has 4 atom stereocenters. The Labute approximate surface area is 159 Å². The Kier molecular flexibility index (Phi) is 9.45. The lowest BCUT2D eigenvalue weighted by Gasteiger charge is -2.38. The number of dihydropyridines is 1. The van der Waals surface area contributed by atoms with E-state index in [1.165, 1.54) is 25.0 Å². The molecule has 1 aliphatic rings. The minimum absolute atomic E-state index is 0.0110. The van der Waals surface area contributed by atoms with Crippen molar-refractivity contribution in [2.45, 2.75) is 84.8 Å². The normalized spacial score (nSPS) is 23.2. The highest BCUT2D eigenvalue weighted by atomic mass is 19.1. The molecule has 4 unspecified atom stereocenters. The summed E-state index contributed by atoms with van der Waals surface area (Å²) in [5, 5.41) is 0. The molecule has 0 aromatic rings. The first-order valence-electron chi connectivity index (χ1n) is 10.0. The predicted molar refractivity (Wildman–Crippen MR) is 112 cm³/mol. The summed E-state index contributed by atoms with van der Waals surface area (Å²) in [6, 6.07) is -0.631. The van der Waals surface area contributed by atoms with Crippen LogP contribution in [0.3, 0.4) is 0 Å². The van der Waals surface area contributed by atoms with E-state index in [2.05, 4.69) is 32.7 Å². The highest BCUT2D eigenvalue weighted by molar-refractivity contribution is 5.62. The van der Waals surface area contributed by atoms with Gasteiger partial charge in [-0.15, -0.1) is 0 Å². The second-order valence-electron chi connectivity index (χ2n) is 8.03. The first-order valence-corrected chi connectivity index (χ1v) is 10.0. The van der Waals surface area contributed by atoms with Crippen LogP contribution in [0, 0.1) is 11.3 Å². The monoisotopic (exact) mass is 363 g/mol. The van der Waals surface area contributed by atoms with E-state index in [1.807, 2.05) is 19.2 Å². The predicted octanol–water partition coefficient (Wildman–Crippen LogP) is 5.08.